The SMILES string of the molecule is c1ccc(C2=NC(c3cc(-c4cccc5c4-c4ccccc4C54c5ccccc5-c5ccccc54)cc(-c4cc5cccnc5c5ncccc45)c3)N=C(c3ccccc3)N2)cc1. The minimum Gasteiger partial charge on any atom is -0.324 e. The van der Waals surface area contributed by atoms with E-state index in [9.17, 15) is 0 Å². The maximum Gasteiger partial charge on any atom is 0.169 e. The average molecular weight is 804 g/mol. The maximum absolute atomic E-state index is 5.39. The minimum atomic E-state index is -0.536. The van der Waals surface area contributed by atoms with Crippen LogP contribution in [0.5, 0.6) is 0 Å². The number of hydrogen-bond acceptors (Lipinski definition) is 5. The predicted octanol–water partition coefficient (Wildman–Crippen LogP) is 13.0. The summed E-state index contributed by atoms with van der Waals surface area (Å²) < 4.78 is 0. The van der Waals surface area contributed by atoms with E-state index in [4.69, 9.17) is 20.0 Å². The van der Waals surface area contributed by atoms with E-state index in [1.54, 1.807) is 0 Å². The molecule has 10 aromatic rings. The summed E-state index contributed by atoms with van der Waals surface area (Å²) in [5, 5.41) is 5.68. The first-order valence-corrected chi connectivity index (χ1v) is 21.5. The lowest BCUT2D eigenvalue weighted by Crippen LogP contribution is -2.36. The summed E-state index contributed by atoms with van der Waals surface area (Å²) in [6.07, 6.45) is 3.17. The van der Waals surface area contributed by atoms with E-state index >= 15 is 0 Å². The summed E-state index contributed by atoms with van der Waals surface area (Å²) in [5.74, 6) is 1.56. The molecule has 8 aromatic carbocycles. The molecular formula is C58H37N5. The van der Waals surface area contributed by atoms with Gasteiger partial charge in [-0.3, -0.25) is 9.97 Å². The number of nitrogens with one attached hydrogen (secondary N) is 1. The zero-order valence-corrected chi connectivity index (χ0v) is 34.1. The highest BCUT2D eigenvalue weighted by molar-refractivity contribution is 6.16. The molecular weight excluding hydrogens is 767 g/mol. The van der Waals surface area contributed by atoms with E-state index in [0.29, 0.717) is 0 Å². The number of pyridine rings is 2. The van der Waals surface area contributed by atoms with Crippen molar-refractivity contribution in [3.05, 3.63) is 252 Å². The molecule has 0 bridgehead atoms. The van der Waals surface area contributed by atoms with E-state index in [-0.39, 0.29) is 0 Å². The number of benzene rings is 8. The van der Waals surface area contributed by atoms with E-state index in [2.05, 4.69) is 181 Å². The summed E-state index contributed by atoms with van der Waals surface area (Å²) in [4.78, 5) is 20.5. The molecule has 2 aromatic heterocycles. The van der Waals surface area contributed by atoms with Crippen LogP contribution in [0.4, 0.5) is 0 Å². The molecule has 0 atom stereocenters. The van der Waals surface area contributed by atoms with Gasteiger partial charge in [0.25, 0.3) is 0 Å². The second-order valence-electron chi connectivity index (χ2n) is 16.5. The second-order valence-corrected chi connectivity index (χ2v) is 16.5. The molecule has 0 amide bonds. The molecule has 5 nitrogen and oxygen atoms in total. The van der Waals surface area contributed by atoms with Crippen molar-refractivity contribution in [2.75, 3.05) is 0 Å². The minimum absolute atomic E-state index is 0.457. The standard InChI is InChI=1S/C58H37N5/c1-3-16-36(17-4-1)55-61-56(37-18-5-2-6-19-37)63-57(62-55)41-33-39(32-40(34-41)47-35-38-20-14-30-59-53(38)54-45(47)25-15-31-60-54)42-24-13-29-51-52(42)46-23-9-12-28-50(46)58(51)48-26-10-7-21-43(48)44-22-8-11-27-49(44)58/h1-35,57H,(H,61,62,63). The first-order chi connectivity index (χ1) is 31.2. The fourth-order valence-corrected chi connectivity index (χ4v) is 10.6. The van der Waals surface area contributed by atoms with Crippen LogP contribution in [0.2, 0.25) is 0 Å². The Bertz CT molecular complexity index is 3450. The number of rotatable bonds is 5. The van der Waals surface area contributed by atoms with Crippen molar-refractivity contribution in [1.82, 2.24) is 15.3 Å². The van der Waals surface area contributed by atoms with Gasteiger partial charge in [-0.2, -0.15) is 0 Å². The molecule has 0 saturated heterocycles. The molecule has 0 saturated carbocycles. The third-order valence-corrected chi connectivity index (χ3v) is 13.2. The molecule has 5 heteroatoms. The summed E-state index contributed by atoms with van der Waals surface area (Å²) in [7, 11) is 0. The van der Waals surface area contributed by atoms with Gasteiger partial charge in [0, 0.05) is 34.3 Å². The van der Waals surface area contributed by atoms with Crippen LogP contribution in [0.25, 0.3) is 66.3 Å². The molecule has 0 fully saturated rings. The molecule has 3 aliphatic rings. The highest BCUT2D eigenvalue weighted by Gasteiger charge is 2.52. The van der Waals surface area contributed by atoms with Crippen LogP contribution in [0, 0.1) is 0 Å². The Morgan fingerprint density at radius 3 is 1.57 bits per heavy atom. The monoisotopic (exact) mass is 803 g/mol. The van der Waals surface area contributed by atoms with Gasteiger partial charge in [-0.05, 0) is 109 Å². The Kier molecular flexibility index (Phi) is 7.81. The number of hydrogen-bond donors (Lipinski definition) is 1. The Labute approximate surface area is 364 Å². The first kappa shape index (κ1) is 35.5. The van der Waals surface area contributed by atoms with Crippen molar-refractivity contribution < 1.29 is 0 Å². The average Bonchev–Trinajstić information content (AvgIpc) is 3.84. The van der Waals surface area contributed by atoms with Crippen molar-refractivity contribution in [1.29, 1.82) is 0 Å². The van der Waals surface area contributed by atoms with Crippen LogP contribution in [-0.4, -0.2) is 21.6 Å². The molecule has 0 unspecified atom stereocenters. The lowest BCUT2D eigenvalue weighted by atomic mass is 9.70. The summed E-state index contributed by atoms with van der Waals surface area (Å²) >= 11 is 0. The van der Waals surface area contributed by atoms with Crippen LogP contribution >= 0.6 is 0 Å². The third-order valence-electron chi connectivity index (χ3n) is 13.2. The Morgan fingerprint density at radius 1 is 0.381 bits per heavy atom. The first-order valence-electron chi connectivity index (χ1n) is 21.5. The summed E-state index contributed by atoms with van der Waals surface area (Å²) in [5.41, 5.74) is 19.1. The van der Waals surface area contributed by atoms with Gasteiger partial charge in [-0.15, -0.1) is 0 Å². The van der Waals surface area contributed by atoms with Crippen LogP contribution in [-0.2, 0) is 5.41 Å². The fraction of sp³-hybridized carbons (Fsp3) is 0.0345. The lowest BCUT2D eigenvalue weighted by molar-refractivity contribution is 0.756. The van der Waals surface area contributed by atoms with Crippen molar-refractivity contribution >= 4 is 33.5 Å². The molecule has 3 heterocycles. The fourth-order valence-electron chi connectivity index (χ4n) is 10.6. The smallest absolute Gasteiger partial charge is 0.169 e. The van der Waals surface area contributed by atoms with Gasteiger partial charge < -0.3 is 5.32 Å². The number of aromatic nitrogens is 2. The molecule has 0 radical (unpaired) electrons. The van der Waals surface area contributed by atoms with E-state index in [1.807, 2.05) is 36.7 Å². The summed E-state index contributed by atoms with van der Waals surface area (Å²) in [6.45, 7) is 0. The molecule has 63 heavy (non-hydrogen) atoms. The van der Waals surface area contributed by atoms with Gasteiger partial charge in [0.15, 0.2) is 6.17 Å². The molecule has 1 N–H and O–H groups in total. The van der Waals surface area contributed by atoms with E-state index in [1.165, 1.54) is 50.1 Å². The quantitative estimate of drug-likeness (QED) is 0.176. The van der Waals surface area contributed by atoms with Crippen molar-refractivity contribution in [2.45, 2.75) is 11.6 Å². The Morgan fingerprint density at radius 2 is 0.905 bits per heavy atom. The zero-order chi connectivity index (χ0) is 41.5. The second kappa shape index (κ2) is 13.9. The molecule has 1 aliphatic heterocycles. The number of amidine groups is 2. The van der Waals surface area contributed by atoms with Crippen molar-refractivity contribution in [3.8, 4) is 44.5 Å². The maximum atomic E-state index is 5.39. The highest BCUT2D eigenvalue weighted by Crippen LogP contribution is 2.64. The molecule has 13 rings (SSSR count). The normalized spacial score (nSPS) is 14.4. The Balaban J connectivity index is 1.10. The van der Waals surface area contributed by atoms with Gasteiger partial charge >= 0.3 is 0 Å². The van der Waals surface area contributed by atoms with Crippen LogP contribution in [0.3, 0.4) is 0 Å². The van der Waals surface area contributed by atoms with Gasteiger partial charge in [-0.25, -0.2) is 9.98 Å². The Hall–Kier alpha value is -8.28. The van der Waals surface area contributed by atoms with Gasteiger partial charge in [0.1, 0.15) is 11.7 Å². The topological polar surface area (TPSA) is 62.5 Å². The largest absolute Gasteiger partial charge is 0.324 e. The van der Waals surface area contributed by atoms with Gasteiger partial charge in [0.05, 0.1) is 16.4 Å². The van der Waals surface area contributed by atoms with Crippen LogP contribution in [0.15, 0.2) is 223 Å². The summed E-state index contributed by atoms with van der Waals surface area (Å²) in [6, 6.07) is 72.1. The van der Waals surface area contributed by atoms with Crippen molar-refractivity contribution in [2.24, 2.45) is 9.98 Å². The van der Waals surface area contributed by atoms with Crippen LogP contribution in [0.1, 0.15) is 45.1 Å². The van der Waals surface area contributed by atoms with E-state index < -0.39 is 11.6 Å². The van der Waals surface area contributed by atoms with Crippen molar-refractivity contribution in [3.63, 3.8) is 0 Å². The molecule has 2 aliphatic carbocycles. The van der Waals surface area contributed by atoms with Gasteiger partial charge in [-0.1, -0.05) is 164 Å². The molecule has 294 valence electrons. The number of nitrogens with zero attached hydrogens (tertiary/aromatic N) is 4. The number of fused-ring (bicyclic) bond motifs is 13. The molecule has 1 spiro atoms. The number of aliphatic imine (C=N–C) groups is 2. The zero-order valence-electron chi connectivity index (χ0n) is 34.1. The van der Waals surface area contributed by atoms with E-state index in [0.717, 1.165) is 66.9 Å². The van der Waals surface area contributed by atoms with Gasteiger partial charge in [0.2, 0.25) is 0 Å². The predicted molar refractivity (Wildman–Crippen MR) is 256 cm³/mol. The third kappa shape index (κ3) is 5.30. The lowest BCUT2D eigenvalue weighted by Gasteiger charge is -2.30. The highest BCUT2D eigenvalue weighted by atomic mass is 15.2. The van der Waals surface area contributed by atoms with Crippen LogP contribution < -0.4 is 5.32 Å².